The summed E-state index contributed by atoms with van der Waals surface area (Å²) >= 11 is 0. The van der Waals surface area contributed by atoms with E-state index in [1.54, 1.807) is 16.8 Å². The number of nitrogens with zero attached hydrogens (tertiary/aromatic N) is 3. The lowest BCUT2D eigenvalue weighted by Gasteiger charge is -2.08. The number of nitrogens with one attached hydrogen (secondary N) is 1. The van der Waals surface area contributed by atoms with Crippen molar-refractivity contribution in [3.8, 4) is 17.1 Å². The van der Waals surface area contributed by atoms with Gasteiger partial charge in [-0.25, -0.2) is 14.1 Å². The lowest BCUT2D eigenvalue weighted by Crippen LogP contribution is -2.10. The number of rotatable bonds is 2. The van der Waals surface area contributed by atoms with Gasteiger partial charge in [0.05, 0.1) is 11.9 Å². The molecule has 0 aliphatic heterocycles. The second-order valence-corrected chi connectivity index (χ2v) is 6.01. The summed E-state index contributed by atoms with van der Waals surface area (Å²) in [6.45, 7) is 4.01. The van der Waals surface area contributed by atoms with Crippen LogP contribution in [-0.2, 0) is 0 Å². The van der Waals surface area contributed by atoms with Crippen LogP contribution in [0.4, 0.5) is 4.39 Å². The second-order valence-electron chi connectivity index (χ2n) is 6.01. The van der Waals surface area contributed by atoms with Gasteiger partial charge in [0.25, 0.3) is 5.56 Å². The largest absolute Gasteiger partial charge is 0.306 e. The van der Waals surface area contributed by atoms with E-state index in [2.05, 4.69) is 21.1 Å². The molecule has 25 heavy (non-hydrogen) atoms. The number of benzene rings is 2. The molecule has 0 radical (unpaired) electrons. The molecule has 0 fully saturated rings. The zero-order valence-electron chi connectivity index (χ0n) is 13.7. The van der Waals surface area contributed by atoms with E-state index in [4.69, 9.17) is 0 Å². The number of hydrogen-bond donors (Lipinski definition) is 1. The van der Waals surface area contributed by atoms with Gasteiger partial charge < -0.3 is 4.98 Å². The Morgan fingerprint density at radius 1 is 1.08 bits per heavy atom. The van der Waals surface area contributed by atoms with Gasteiger partial charge in [-0.05, 0) is 49.7 Å². The van der Waals surface area contributed by atoms with E-state index in [9.17, 15) is 9.18 Å². The topological polar surface area (TPSA) is 63.6 Å². The van der Waals surface area contributed by atoms with Crippen LogP contribution in [0.5, 0.6) is 0 Å². The first kappa shape index (κ1) is 15.3. The summed E-state index contributed by atoms with van der Waals surface area (Å²) in [5.74, 6) is 0.0384. The van der Waals surface area contributed by atoms with Crippen LogP contribution >= 0.6 is 0 Å². The minimum atomic E-state index is -0.340. The summed E-state index contributed by atoms with van der Waals surface area (Å²) in [7, 11) is 0. The third-order valence-electron chi connectivity index (χ3n) is 4.14. The Balaban J connectivity index is 1.95. The van der Waals surface area contributed by atoms with Crippen molar-refractivity contribution in [2.75, 3.05) is 0 Å². The Hall–Kier alpha value is -3.28. The van der Waals surface area contributed by atoms with Crippen LogP contribution in [0.2, 0.25) is 0 Å². The number of halogens is 1. The molecule has 2 aromatic heterocycles. The van der Waals surface area contributed by atoms with Crippen LogP contribution in [0.25, 0.3) is 28.1 Å². The minimum absolute atomic E-state index is 0.277. The number of fused-ring (bicyclic) bond motifs is 1. The highest BCUT2D eigenvalue weighted by atomic mass is 19.1. The summed E-state index contributed by atoms with van der Waals surface area (Å²) in [4.78, 5) is 19.7. The third-order valence-corrected chi connectivity index (χ3v) is 4.14. The highest BCUT2D eigenvalue weighted by Crippen LogP contribution is 2.21. The SMILES string of the molecule is Cc1ccc(-n2ncc3c(=O)[nH]c(-c4ccc(F)cc4)nc32)c(C)c1. The van der Waals surface area contributed by atoms with E-state index in [1.165, 1.54) is 18.3 Å². The van der Waals surface area contributed by atoms with Crippen molar-refractivity contribution < 1.29 is 4.39 Å². The summed E-state index contributed by atoms with van der Waals surface area (Å²) in [6, 6.07) is 11.8. The van der Waals surface area contributed by atoms with Crippen molar-refractivity contribution in [1.29, 1.82) is 0 Å². The standard InChI is InChI=1S/C19H15FN4O/c1-11-3-8-16(12(2)9-11)24-18-15(10-21-24)19(25)23-17(22-18)13-4-6-14(20)7-5-13/h3-10H,1-2H3,(H,22,23,25). The third kappa shape index (κ3) is 2.61. The molecule has 0 aliphatic carbocycles. The van der Waals surface area contributed by atoms with Crippen LogP contribution in [0, 0.1) is 19.7 Å². The quantitative estimate of drug-likeness (QED) is 0.610. The number of hydrogen-bond acceptors (Lipinski definition) is 3. The number of aromatic amines is 1. The summed E-state index contributed by atoms with van der Waals surface area (Å²) in [5, 5.41) is 4.75. The molecule has 1 N–H and O–H groups in total. The van der Waals surface area contributed by atoms with Crippen molar-refractivity contribution in [2.24, 2.45) is 0 Å². The Labute approximate surface area is 142 Å². The molecule has 0 amide bonds. The average Bonchev–Trinajstić information content (AvgIpc) is 3.00. The summed E-state index contributed by atoms with van der Waals surface area (Å²) < 4.78 is 14.8. The maximum Gasteiger partial charge on any atom is 0.262 e. The van der Waals surface area contributed by atoms with Gasteiger partial charge in [-0.3, -0.25) is 4.79 Å². The van der Waals surface area contributed by atoms with Crippen LogP contribution < -0.4 is 5.56 Å². The fourth-order valence-corrected chi connectivity index (χ4v) is 2.88. The Morgan fingerprint density at radius 2 is 1.84 bits per heavy atom. The lowest BCUT2D eigenvalue weighted by molar-refractivity contribution is 0.628. The predicted molar refractivity (Wildman–Crippen MR) is 94.4 cm³/mol. The second kappa shape index (κ2) is 5.66. The van der Waals surface area contributed by atoms with Crippen molar-refractivity contribution in [1.82, 2.24) is 19.7 Å². The molecule has 0 unspecified atom stereocenters. The molecule has 0 aliphatic rings. The normalized spacial score (nSPS) is 11.2. The van der Waals surface area contributed by atoms with Crippen molar-refractivity contribution >= 4 is 11.0 Å². The van der Waals surface area contributed by atoms with Gasteiger partial charge in [0.15, 0.2) is 5.65 Å². The Bertz CT molecular complexity index is 1140. The van der Waals surface area contributed by atoms with Crippen LogP contribution in [-0.4, -0.2) is 19.7 Å². The van der Waals surface area contributed by atoms with E-state index >= 15 is 0 Å². The molecule has 4 rings (SSSR count). The van der Waals surface area contributed by atoms with E-state index < -0.39 is 0 Å². The van der Waals surface area contributed by atoms with Crippen molar-refractivity contribution in [2.45, 2.75) is 13.8 Å². The van der Waals surface area contributed by atoms with Crippen LogP contribution in [0.3, 0.4) is 0 Å². The van der Waals surface area contributed by atoms with E-state index in [1.807, 2.05) is 26.0 Å². The maximum absolute atomic E-state index is 13.1. The van der Waals surface area contributed by atoms with Gasteiger partial charge >= 0.3 is 0 Å². The van der Waals surface area contributed by atoms with Crippen molar-refractivity contribution in [3.63, 3.8) is 0 Å². The van der Waals surface area contributed by atoms with E-state index in [0.29, 0.717) is 22.4 Å². The Kier molecular flexibility index (Phi) is 3.46. The van der Waals surface area contributed by atoms with Gasteiger partial charge in [-0.15, -0.1) is 0 Å². The molecule has 5 nitrogen and oxygen atoms in total. The highest BCUT2D eigenvalue weighted by molar-refractivity contribution is 5.77. The zero-order chi connectivity index (χ0) is 17.6. The average molecular weight is 334 g/mol. The first-order valence-electron chi connectivity index (χ1n) is 7.84. The molecule has 0 spiro atoms. The monoisotopic (exact) mass is 334 g/mol. The highest BCUT2D eigenvalue weighted by Gasteiger charge is 2.14. The molecular formula is C19H15FN4O. The fraction of sp³-hybridized carbons (Fsp3) is 0.105. The number of aryl methyl sites for hydroxylation is 2. The summed E-state index contributed by atoms with van der Waals surface area (Å²) in [5.41, 5.74) is 3.87. The fourth-order valence-electron chi connectivity index (χ4n) is 2.88. The summed E-state index contributed by atoms with van der Waals surface area (Å²) in [6.07, 6.45) is 1.51. The molecule has 2 heterocycles. The number of H-pyrrole nitrogens is 1. The van der Waals surface area contributed by atoms with Crippen LogP contribution in [0.1, 0.15) is 11.1 Å². The number of aromatic nitrogens is 4. The van der Waals surface area contributed by atoms with Gasteiger partial charge in [-0.1, -0.05) is 17.7 Å². The molecule has 4 aromatic rings. The molecule has 0 saturated carbocycles. The maximum atomic E-state index is 13.1. The molecule has 0 bridgehead atoms. The van der Waals surface area contributed by atoms with Gasteiger partial charge in [-0.2, -0.15) is 5.10 Å². The molecule has 0 atom stereocenters. The lowest BCUT2D eigenvalue weighted by atomic mass is 10.1. The molecule has 124 valence electrons. The predicted octanol–water partition coefficient (Wildman–Crippen LogP) is 3.53. The smallest absolute Gasteiger partial charge is 0.262 e. The minimum Gasteiger partial charge on any atom is -0.306 e. The van der Waals surface area contributed by atoms with Gasteiger partial charge in [0.2, 0.25) is 0 Å². The first-order chi connectivity index (χ1) is 12.0. The zero-order valence-corrected chi connectivity index (χ0v) is 13.7. The van der Waals surface area contributed by atoms with E-state index in [0.717, 1.165) is 16.8 Å². The molecule has 6 heteroatoms. The van der Waals surface area contributed by atoms with Crippen molar-refractivity contribution in [3.05, 3.63) is 76.0 Å². The van der Waals surface area contributed by atoms with Gasteiger partial charge in [0, 0.05) is 5.56 Å². The molecular weight excluding hydrogens is 319 g/mol. The van der Waals surface area contributed by atoms with Crippen LogP contribution in [0.15, 0.2) is 53.5 Å². The first-order valence-corrected chi connectivity index (χ1v) is 7.84. The molecule has 2 aromatic carbocycles. The van der Waals surface area contributed by atoms with Gasteiger partial charge in [0.1, 0.15) is 17.0 Å². The molecule has 0 saturated heterocycles. The Morgan fingerprint density at radius 3 is 2.56 bits per heavy atom. The van der Waals surface area contributed by atoms with E-state index in [-0.39, 0.29) is 11.4 Å².